The fourth-order valence-electron chi connectivity index (χ4n) is 3.36. The molecule has 6 heteroatoms. The van der Waals surface area contributed by atoms with Gasteiger partial charge in [0.15, 0.2) is 0 Å². The molecule has 2 heterocycles. The Morgan fingerprint density at radius 2 is 1.92 bits per heavy atom. The molecule has 1 atom stereocenters. The van der Waals surface area contributed by atoms with E-state index < -0.39 is 17.7 Å². The summed E-state index contributed by atoms with van der Waals surface area (Å²) >= 11 is 0. The third kappa shape index (κ3) is 2.40. The van der Waals surface area contributed by atoms with Crippen molar-refractivity contribution in [3.63, 3.8) is 0 Å². The highest BCUT2D eigenvalue weighted by Crippen LogP contribution is 2.46. The van der Waals surface area contributed by atoms with Gasteiger partial charge in [-0.2, -0.15) is 5.26 Å². The van der Waals surface area contributed by atoms with Crippen LogP contribution < -0.4 is 0 Å². The van der Waals surface area contributed by atoms with Gasteiger partial charge in [-0.05, 0) is 36.3 Å². The largest absolute Gasteiger partial charge is 0.285 e. The summed E-state index contributed by atoms with van der Waals surface area (Å²) in [5.74, 6) is -1.01. The zero-order valence-electron chi connectivity index (χ0n) is 13.8. The van der Waals surface area contributed by atoms with Crippen LogP contribution in [0.1, 0.15) is 36.1 Å². The summed E-state index contributed by atoms with van der Waals surface area (Å²) in [5.41, 5.74) is 2.94. The fourth-order valence-corrected chi connectivity index (χ4v) is 3.36. The topological polar surface area (TPSA) is 56.5 Å². The van der Waals surface area contributed by atoms with Crippen molar-refractivity contribution in [2.75, 3.05) is 0 Å². The first kappa shape index (κ1) is 16.2. The van der Waals surface area contributed by atoms with E-state index in [4.69, 9.17) is 5.26 Å². The van der Waals surface area contributed by atoms with Crippen molar-refractivity contribution in [2.24, 2.45) is 4.99 Å². The minimum atomic E-state index is -0.678. The molecule has 0 N–H and O–H groups in total. The molecule has 0 spiro atoms. The lowest BCUT2D eigenvalue weighted by Gasteiger charge is -2.44. The molecule has 0 aromatic heterocycles. The predicted octanol–water partition coefficient (Wildman–Crippen LogP) is 3.84. The number of carbonyl (C=O) groups is 1. The zero-order chi connectivity index (χ0) is 18.4. The lowest BCUT2D eigenvalue weighted by atomic mass is 9.88. The lowest BCUT2D eigenvalue weighted by molar-refractivity contribution is -0.131. The second-order valence-corrected chi connectivity index (χ2v) is 6.26. The summed E-state index contributed by atoms with van der Waals surface area (Å²) in [6.07, 6.45) is 0.0853. The van der Waals surface area contributed by atoms with Crippen molar-refractivity contribution in [1.29, 1.82) is 5.26 Å². The summed E-state index contributed by atoms with van der Waals surface area (Å²) in [4.78, 5) is 18.6. The normalized spacial score (nSPS) is 18.8. The number of carbonyl (C=O) groups excluding carboxylic acids is 1. The van der Waals surface area contributed by atoms with Gasteiger partial charge in [0.2, 0.25) is 5.91 Å². The van der Waals surface area contributed by atoms with Crippen LogP contribution in [0.2, 0.25) is 0 Å². The number of hydrogen-bond acceptors (Lipinski definition) is 3. The second kappa shape index (κ2) is 5.88. The Kier molecular flexibility index (Phi) is 3.66. The Morgan fingerprint density at radius 3 is 2.58 bits per heavy atom. The van der Waals surface area contributed by atoms with Gasteiger partial charge in [-0.1, -0.05) is 18.2 Å². The van der Waals surface area contributed by atoms with E-state index in [1.807, 2.05) is 6.07 Å². The second-order valence-electron chi connectivity index (χ2n) is 6.26. The third-order valence-electron chi connectivity index (χ3n) is 4.68. The number of hydrogen-bond donors (Lipinski definition) is 0. The molecule has 2 aliphatic rings. The van der Waals surface area contributed by atoms with Crippen LogP contribution >= 0.6 is 0 Å². The molecule has 0 fully saturated rings. The summed E-state index contributed by atoms with van der Waals surface area (Å²) < 4.78 is 27.3. The van der Waals surface area contributed by atoms with Crippen LogP contribution in [0.25, 0.3) is 0 Å². The van der Waals surface area contributed by atoms with Gasteiger partial charge in [-0.15, -0.1) is 0 Å². The van der Waals surface area contributed by atoms with Gasteiger partial charge in [0, 0.05) is 11.6 Å². The Balaban J connectivity index is 1.72. The Labute approximate surface area is 148 Å². The van der Waals surface area contributed by atoms with Crippen LogP contribution in [-0.4, -0.2) is 16.5 Å². The van der Waals surface area contributed by atoms with Crippen molar-refractivity contribution in [1.82, 2.24) is 4.90 Å². The molecular formula is C20H13F2N3O. The van der Waals surface area contributed by atoms with Gasteiger partial charge in [0.05, 0.1) is 29.8 Å². The number of benzene rings is 2. The van der Waals surface area contributed by atoms with E-state index in [1.165, 1.54) is 17.0 Å². The molecule has 128 valence electrons. The summed E-state index contributed by atoms with van der Waals surface area (Å²) in [7, 11) is 0. The Hall–Kier alpha value is -3.33. The average Bonchev–Trinajstić information content (AvgIpc) is 2.64. The van der Waals surface area contributed by atoms with E-state index in [-0.39, 0.29) is 17.9 Å². The lowest BCUT2D eigenvalue weighted by Crippen LogP contribution is -2.46. The molecular weight excluding hydrogens is 336 g/mol. The van der Waals surface area contributed by atoms with Crippen molar-refractivity contribution >= 4 is 11.6 Å². The van der Waals surface area contributed by atoms with Crippen LogP contribution in [0.4, 0.5) is 8.78 Å². The van der Waals surface area contributed by atoms with E-state index in [2.05, 4.69) is 4.99 Å². The quantitative estimate of drug-likeness (QED) is 0.827. The maximum atomic E-state index is 14.1. The van der Waals surface area contributed by atoms with E-state index in [9.17, 15) is 13.6 Å². The van der Waals surface area contributed by atoms with Crippen LogP contribution in [-0.2, 0) is 4.79 Å². The van der Waals surface area contributed by atoms with Crippen LogP contribution in [0, 0.1) is 23.0 Å². The van der Waals surface area contributed by atoms with Crippen molar-refractivity contribution in [2.45, 2.75) is 19.4 Å². The molecule has 1 unspecified atom stereocenters. The third-order valence-corrected chi connectivity index (χ3v) is 4.68. The first-order chi connectivity index (χ1) is 12.5. The standard InChI is InChI=1S/C20H13F2N3O/c1-11-19(15-7-6-14(21)8-16(15)22)25-18(26)9-17(24-20(11)25)13-4-2-12(10-23)3-5-13/h2-8,19H,9H2,1H3. The molecule has 26 heavy (non-hydrogen) atoms. The number of amides is 1. The van der Waals surface area contributed by atoms with Crippen molar-refractivity contribution in [3.8, 4) is 6.07 Å². The fraction of sp³-hybridized carbons (Fsp3) is 0.150. The Morgan fingerprint density at radius 1 is 1.19 bits per heavy atom. The number of halogens is 2. The molecule has 0 aliphatic carbocycles. The van der Waals surface area contributed by atoms with Gasteiger partial charge in [0.25, 0.3) is 0 Å². The van der Waals surface area contributed by atoms with E-state index in [0.29, 0.717) is 17.1 Å². The maximum Gasteiger partial charge on any atom is 0.235 e. The SMILES string of the molecule is CC1=C2N=C(c3ccc(C#N)cc3)CC(=O)N2C1c1ccc(F)cc1F. The molecule has 0 radical (unpaired) electrons. The highest BCUT2D eigenvalue weighted by atomic mass is 19.1. The molecule has 0 bridgehead atoms. The number of nitrogens with zero attached hydrogens (tertiary/aromatic N) is 3. The number of nitriles is 1. The van der Waals surface area contributed by atoms with Crippen LogP contribution in [0.3, 0.4) is 0 Å². The maximum absolute atomic E-state index is 14.1. The first-order valence-corrected chi connectivity index (χ1v) is 8.05. The van der Waals surface area contributed by atoms with E-state index >= 15 is 0 Å². The highest BCUT2D eigenvalue weighted by Gasteiger charge is 2.44. The number of rotatable bonds is 2. The van der Waals surface area contributed by atoms with Gasteiger partial charge in [-0.25, -0.2) is 13.8 Å². The molecule has 2 aromatic carbocycles. The molecule has 2 aliphatic heterocycles. The molecule has 0 saturated carbocycles. The molecule has 2 aromatic rings. The minimum Gasteiger partial charge on any atom is -0.285 e. The van der Waals surface area contributed by atoms with Gasteiger partial charge < -0.3 is 0 Å². The first-order valence-electron chi connectivity index (χ1n) is 8.05. The molecule has 4 rings (SSSR count). The summed E-state index contributed by atoms with van der Waals surface area (Å²) in [6.45, 7) is 1.79. The monoisotopic (exact) mass is 349 g/mol. The van der Waals surface area contributed by atoms with Gasteiger partial charge in [-0.3, -0.25) is 9.69 Å². The molecule has 4 nitrogen and oxygen atoms in total. The molecule has 0 saturated heterocycles. The smallest absolute Gasteiger partial charge is 0.235 e. The van der Waals surface area contributed by atoms with E-state index in [1.54, 1.807) is 31.2 Å². The predicted molar refractivity (Wildman–Crippen MR) is 91.0 cm³/mol. The number of aliphatic imine (C=N–C) groups is 1. The van der Waals surface area contributed by atoms with Gasteiger partial charge >= 0.3 is 0 Å². The summed E-state index contributed by atoms with van der Waals surface area (Å²) in [6, 6.07) is 11.7. The zero-order valence-corrected chi connectivity index (χ0v) is 13.8. The van der Waals surface area contributed by atoms with Crippen LogP contribution in [0.5, 0.6) is 0 Å². The van der Waals surface area contributed by atoms with Gasteiger partial charge in [0.1, 0.15) is 17.5 Å². The van der Waals surface area contributed by atoms with E-state index in [0.717, 1.165) is 17.2 Å². The average molecular weight is 349 g/mol. The molecule has 1 amide bonds. The minimum absolute atomic E-state index is 0.0853. The summed E-state index contributed by atoms with van der Waals surface area (Å²) in [5, 5.41) is 8.88. The van der Waals surface area contributed by atoms with Crippen molar-refractivity contribution < 1.29 is 13.6 Å². The highest BCUT2D eigenvalue weighted by molar-refractivity contribution is 6.13. The number of fused-ring (bicyclic) bond motifs is 1. The Bertz CT molecular complexity index is 1030. The van der Waals surface area contributed by atoms with Crippen LogP contribution in [0.15, 0.2) is 58.9 Å². The van der Waals surface area contributed by atoms with Crippen molar-refractivity contribution in [3.05, 3.63) is 82.2 Å².